The average molecular weight is 398 g/mol. The van der Waals surface area contributed by atoms with E-state index < -0.39 is 6.17 Å². The van der Waals surface area contributed by atoms with Crippen molar-refractivity contribution >= 4 is 33.4 Å². The van der Waals surface area contributed by atoms with E-state index in [0.29, 0.717) is 12.1 Å². The van der Waals surface area contributed by atoms with E-state index in [2.05, 4.69) is 21.2 Å². The summed E-state index contributed by atoms with van der Waals surface area (Å²) in [4.78, 5) is 13.8. The van der Waals surface area contributed by atoms with E-state index >= 15 is 0 Å². The van der Waals surface area contributed by atoms with Gasteiger partial charge in [-0.05, 0) is 35.4 Å². The Morgan fingerprint density at radius 3 is 2.61 bits per heavy atom. The molecule has 1 aliphatic heterocycles. The van der Waals surface area contributed by atoms with Crippen LogP contribution in [0.2, 0.25) is 5.02 Å². The fourth-order valence-electron chi connectivity index (χ4n) is 2.59. The predicted octanol–water partition coefficient (Wildman–Crippen LogP) is 3.14. The number of hydrogen-bond acceptors (Lipinski definition) is 4. The van der Waals surface area contributed by atoms with Gasteiger partial charge in [0.2, 0.25) is 5.91 Å². The highest BCUT2D eigenvalue weighted by Crippen LogP contribution is 2.37. The molecule has 0 unspecified atom stereocenters. The number of halogens is 2. The van der Waals surface area contributed by atoms with Gasteiger partial charge in [-0.25, -0.2) is 0 Å². The van der Waals surface area contributed by atoms with Gasteiger partial charge < -0.3 is 15.5 Å². The van der Waals surface area contributed by atoms with Crippen molar-refractivity contribution in [3.63, 3.8) is 0 Å². The zero-order chi connectivity index (χ0) is 16.6. The van der Waals surface area contributed by atoms with Crippen LogP contribution in [-0.4, -0.2) is 27.6 Å². The van der Waals surface area contributed by atoms with E-state index in [1.165, 1.54) is 6.07 Å². The summed E-state index contributed by atoms with van der Waals surface area (Å²) in [5, 5.41) is 22.2. The first kappa shape index (κ1) is 16.1. The number of amides is 1. The second-order valence-electron chi connectivity index (χ2n) is 5.37. The van der Waals surface area contributed by atoms with E-state index in [1.807, 2.05) is 29.2 Å². The minimum Gasteiger partial charge on any atom is -0.504 e. The molecule has 23 heavy (non-hydrogen) atoms. The topological polar surface area (TPSA) is 72.8 Å². The predicted molar refractivity (Wildman–Crippen MR) is 90.2 cm³/mol. The van der Waals surface area contributed by atoms with Gasteiger partial charge >= 0.3 is 0 Å². The lowest BCUT2D eigenvalue weighted by atomic mass is 10.1. The maximum absolute atomic E-state index is 11.8. The van der Waals surface area contributed by atoms with Gasteiger partial charge in [0.25, 0.3) is 0 Å². The summed E-state index contributed by atoms with van der Waals surface area (Å²) < 4.78 is 0.990. The molecule has 1 atom stereocenters. The molecule has 0 radical (unpaired) electrons. The Morgan fingerprint density at radius 1 is 1.26 bits per heavy atom. The van der Waals surface area contributed by atoms with Crippen LogP contribution in [-0.2, 0) is 11.3 Å². The van der Waals surface area contributed by atoms with Crippen molar-refractivity contribution < 1.29 is 15.0 Å². The molecule has 1 saturated heterocycles. The summed E-state index contributed by atoms with van der Waals surface area (Å²) in [5.41, 5.74) is 1.68. The molecule has 0 aromatic heterocycles. The standard InChI is InChI=1S/C16H14BrClN2O3/c17-11-3-1-9(2-4-11)7-20-8-14(22)19-16(20)10-5-12(18)15(23)13(21)6-10/h1-6,16,21,23H,7-8H2,(H,19,22)/t16-/m0/s1. The molecule has 1 aliphatic rings. The molecule has 120 valence electrons. The van der Waals surface area contributed by atoms with E-state index in [9.17, 15) is 15.0 Å². The number of nitrogens with zero attached hydrogens (tertiary/aromatic N) is 1. The van der Waals surface area contributed by atoms with Crippen molar-refractivity contribution in [1.29, 1.82) is 0 Å². The van der Waals surface area contributed by atoms with Gasteiger partial charge in [0, 0.05) is 11.0 Å². The number of phenols is 2. The molecule has 1 heterocycles. The molecule has 7 heteroatoms. The zero-order valence-electron chi connectivity index (χ0n) is 12.0. The summed E-state index contributed by atoms with van der Waals surface area (Å²) in [6.45, 7) is 0.815. The molecule has 0 spiro atoms. The zero-order valence-corrected chi connectivity index (χ0v) is 14.3. The first-order valence-electron chi connectivity index (χ1n) is 6.93. The Bertz CT molecular complexity index is 728. The van der Waals surface area contributed by atoms with Crippen molar-refractivity contribution in [2.24, 2.45) is 0 Å². The third kappa shape index (κ3) is 3.44. The average Bonchev–Trinajstić information content (AvgIpc) is 2.87. The van der Waals surface area contributed by atoms with Crippen LogP contribution in [0.4, 0.5) is 0 Å². The number of aromatic hydroxyl groups is 2. The Labute approximate surface area is 146 Å². The van der Waals surface area contributed by atoms with Crippen LogP contribution < -0.4 is 5.32 Å². The van der Waals surface area contributed by atoms with Gasteiger partial charge in [-0.3, -0.25) is 9.69 Å². The van der Waals surface area contributed by atoms with E-state index in [0.717, 1.165) is 10.0 Å². The number of hydrogen-bond donors (Lipinski definition) is 3. The second kappa shape index (κ2) is 6.39. The van der Waals surface area contributed by atoms with Gasteiger partial charge in [0.15, 0.2) is 11.5 Å². The van der Waals surface area contributed by atoms with Crippen molar-refractivity contribution in [1.82, 2.24) is 10.2 Å². The van der Waals surface area contributed by atoms with E-state index in [1.54, 1.807) is 6.07 Å². The summed E-state index contributed by atoms with van der Waals surface area (Å²) in [6, 6.07) is 10.8. The van der Waals surface area contributed by atoms with Crippen LogP contribution in [0.25, 0.3) is 0 Å². The third-order valence-electron chi connectivity index (χ3n) is 3.69. The Hall–Kier alpha value is -1.76. The number of benzene rings is 2. The largest absolute Gasteiger partial charge is 0.504 e. The molecule has 3 rings (SSSR count). The molecule has 1 fully saturated rings. The Morgan fingerprint density at radius 2 is 1.96 bits per heavy atom. The van der Waals surface area contributed by atoms with Crippen molar-refractivity contribution in [3.05, 3.63) is 57.0 Å². The first-order chi connectivity index (χ1) is 10.9. The molecule has 2 aromatic rings. The summed E-state index contributed by atoms with van der Waals surface area (Å²) in [7, 11) is 0. The van der Waals surface area contributed by atoms with Crippen LogP contribution in [0.15, 0.2) is 40.9 Å². The second-order valence-corrected chi connectivity index (χ2v) is 6.69. The minimum absolute atomic E-state index is 0.0461. The van der Waals surface area contributed by atoms with Crippen molar-refractivity contribution in [3.8, 4) is 11.5 Å². The number of phenolic OH excluding ortho intramolecular Hbond substituents is 2. The maximum Gasteiger partial charge on any atom is 0.235 e. The molecule has 0 aliphatic carbocycles. The van der Waals surface area contributed by atoms with Gasteiger partial charge in [0.05, 0.1) is 11.6 Å². The summed E-state index contributed by atoms with van der Waals surface area (Å²) in [5.74, 6) is -0.771. The van der Waals surface area contributed by atoms with Gasteiger partial charge in [0.1, 0.15) is 6.17 Å². The molecule has 2 aromatic carbocycles. The molecule has 5 nitrogen and oxygen atoms in total. The smallest absolute Gasteiger partial charge is 0.235 e. The molecule has 0 bridgehead atoms. The Balaban J connectivity index is 1.87. The number of nitrogens with one attached hydrogen (secondary N) is 1. The first-order valence-corrected chi connectivity index (χ1v) is 8.10. The van der Waals surface area contributed by atoms with Crippen molar-refractivity contribution in [2.45, 2.75) is 12.7 Å². The van der Waals surface area contributed by atoms with E-state index in [4.69, 9.17) is 11.6 Å². The third-order valence-corrected chi connectivity index (χ3v) is 4.51. The Kier molecular flexibility index (Phi) is 4.48. The molecule has 0 saturated carbocycles. The molecule has 3 N–H and O–H groups in total. The highest BCUT2D eigenvalue weighted by molar-refractivity contribution is 9.10. The van der Waals surface area contributed by atoms with Crippen LogP contribution in [0, 0.1) is 0 Å². The summed E-state index contributed by atoms with van der Waals surface area (Å²) in [6.07, 6.45) is -0.407. The summed E-state index contributed by atoms with van der Waals surface area (Å²) >= 11 is 9.31. The lowest BCUT2D eigenvalue weighted by Gasteiger charge is -2.24. The number of carbonyl (C=O) groups is 1. The lowest BCUT2D eigenvalue weighted by Crippen LogP contribution is -2.27. The highest BCUT2D eigenvalue weighted by atomic mass is 79.9. The fourth-order valence-corrected chi connectivity index (χ4v) is 3.08. The van der Waals surface area contributed by atoms with Crippen LogP contribution in [0.1, 0.15) is 17.3 Å². The van der Waals surface area contributed by atoms with Crippen LogP contribution in [0.5, 0.6) is 11.5 Å². The van der Waals surface area contributed by atoms with Crippen LogP contribution in [0.3, 0.4) is 0 Å². The molecule has 1 amide bonds. The number of carbonyl (C=O) groups excluding carboxylic acids is 1. The van der Waals surface area contributed by atoms with Gasteiger partial charge in [-0.2, -0.15) is 0 Å². The SMILES string of the molecule is O=C1CN(Cc2ccc(Br)cc2)[C@@H](c2cc(O)c(O)c(Cl)c2)N1. The maximum atomic E-state index is 11.8. The van der Waals surface area contributed by atoms with Gasteiger partial charge in [-0.1, -0.05) is 39.7 Å². The minimum atomic E-state index is -0.407. The molecular weight excluding hydrogens is 384 g/mol. The normalized spacial score (nSPS) is 18.2. The van der Waals surface area contributed by atoms with E-state index in [-0.39, 0.29) is 29.0 Å². The van der Waals surface area contributed by atoms with Crippen molar-refractivity contribution in [2.75, 3.05) is 6.54 Å². The van der Waals surface area contributed by atoms with Gasteiger partial charge in [-0.15, -0.1) is 0 Å². The fraction of sp³-hybridized carbons (Fsp3) is 0.188. The number of rotatable bonds is 3. The lowest BCUT2D eigenvalue weighted by molar-refractivity contribution is -0.118. The van der Waals surface area contributed by atoms with Crippen LogP contribution >= 0.6 is 27.5 Å². The highest BCUT2D eigenvalue weighted by Gasteiger charge is 2.31. The molecular formula is C16H14BrClN2O3. The monoisotopic (exact) mass is 396 g/mol. The quantitative estimate of drug-likeness (QED) is 0.696.